The Labute approximate surface area is 154 Å². The van der Waals surface area contributed by atoms with Crippen LogP contribution in [0.1, 0.15) is 48.3 Å². The van der Waals surface area contributed by atoms with Gasteiger partial charge < -0.3 is 4.90 Å². The molecule has 1 aromatic carbocycles. The second kappa shape index (κ2) is 7.84. The van der Waals surface area contributed by atoms with Gasteiger partial charge in [0.2, 0.25) is 0 Å². The number of hydrogen-bond acceptors (Lipinski definition) is 4. The average molecular weight is 352 g/mol. The Kier molecular flexibility index (Phi) is 5.55. The molecule has 130 valence electrons. The fraction of sp³-hybridized carbons (Fsp3) is 0.429. The van der Waals surface area contributed by atoms with Gasteiger partial charge in [0, 0.05) is 23.7 Å². The molecule has 0 spiro atoms. The van der Waals surface area contributed by atoms with Crippen molar-refractivity contribution < 1.29 is 0 Å². The lowest BCUT2D eigenvalue weighted by Crippen LogP contribution is -2.21. The van der Waals surface area contributed by atoms with Crippen LogP contribution in [-0.2, 0) is 12.8 Å². The van der Waals surface area contributed by atoms with Crippen molar-refractivity contribution in [1.82, 2.24) is 4.98 Å². The molecule has 1 aliphatic rings. The average Bonchev–Trinajstić information content (AvgIpc) is 3.04. The van der Waals surface area contributed by atoms with E-state index in [-0.39, 0.29) is 0 Å². The van der Waals surface area contributed by atoms with Crippen molar-refractivity contribution in [2.75, 3.05) is 18.0 Å². The minimum Gasteiger partial charge on any atom is -0.372 e. The monoisotopic (exact) mass is 351 g/mol. The van der Waals surface area contributed by atoms with Crippen LogP contribution < -0.4 is 4.90 Å². The first-order valence-corrected chi connectivity index (χ1v) is 9.92. The van der Waals surface area contributed by atoms with Crippen molar-refractivity contribution in [2.45, 2.75) is 40.0 Å². The van der Waals surface area contributed by atoms with Crippen molar-refractivity contribution in [3.05, 3.63) is 45.4 Å². The normalized spacial score (nSPS) is 17.0. The fourth-order valence-corrected chi connectivity index (χ4v) is 4.57. The lowest BCUT2D eigenvalue weighted by atomic mass is 9.93. The van der Waals surface area contributed by atoms with Gasteiger partial charge in [-0.3, -0.25) is 0 Å². The first kappa shape index (κ1) is 17.7. The maximum Gasteiger partial charge on any atom is 0.134 e. The Hall–Kier alpha value is -2.12. The highest BCUT2D eigenvalue weighted by atomic mass is 32.1. The molecule has 1 aromatic heterocycles. The summed E-state index contributed by atoms with van der Waals surface area (Å²) >= 11 is 1.70. The lowest BCUT2D eigenvalue weighted by Gasteiger charge is -2.20. The van der Waals surface area contributed by atoms with Gasteiger partial charge in [-0.15, -0.1) is 11.3 Å². The summed E-state index contributed by atoms with van der Waals surface area (Å²) < 4.78 is 0. The summed E-state index contributed by atoms with van der Waals surface area (Å²) in [5, 5.41) is 10.5. The molecule has 0 aliphatic heterocycles. The standard InChI is InChI=1S/C21H25N3S/c1-4-24(5-2)18-9-7-16(8-10-18)13-17(14-22)21-23-19-11-6-15(3)12-20(19)25-21/h7-10,13,15H,4-6,11-12H2,1-3H3/b17-13+/t15-/m0/s1. The van der Waals surface area contributed by atoms with E-state index in [0.717, 1.165) is 42.4 Å². The van der Waals surface area contributed by atoms with Crippen LogP contribution in [-0.4, -0.2) is 18.1 Å². The van der Waals surface area contributed by atoms with E-state index in [1.165, 1.54) is 22.7 Å². The number of allylic oxidation sites excluding steroid dienone is 1. The Morgan fingerprint density at radius 2 is 2.04 bits per heavy atom. The molecule has 1 atom stereocenters. The molecule has 0 saturated heterocycles. The predicted molar refractivity (Wildman–Crippen MR) is 107 cm³/mol. The minimum atomic E-state index is 0.669. The summed E-state index contributed by atoms with van der Waals surface area (Å²) in [6.07, 6.45) is 5.31. The molecule has 0 fully saturated rings. The number of hydrogen-bond donors (Lipinski definition) is 0. The smallest absolute Gasteiger partial charge is 0.134 e. The van der Waals surface area contributed by atoms with E-state index < -0.39 is 0 Å². The molecule has 0 radical (unpaired) electrons. The number of thiazole rings is 1. The van der Waals surface area contributed by atoms with E-state index in [9.17, 15) is 5.26 Å². The van der Waals surface area contributed by atoms with E-state index in [1.807, 2.05) is 6.08 Å². The summed E-state index contributed by atoms with van der Waals surface area (Å²) in [5.74, 6) is 0.725. The Morgan fingerprint density at radius 3 is 2.68 bits per heavy atom. The number of aromatic nitrogens is 1. The van der Waals surface area contributed by atoms with Crippen molar-refractivity contribution in [1.29, 1.82) is 5.26 Å². The van der Waals surface area contributed by atoms with Gasteiger partial charge in [0.1, 0.15) is 11.1 Å². The van der Waals surface area contributed by atoms with Crippen LogP contribution in [0.5, 0.6) is 0 Å². The van der Waals surface area contributed by atoms with Gasteiger partial charge in [-0.1, -0.05) is 19.1 Å². The third-order valence-electron chi connectivity index (χ3n) is 4.87. The van der Waals surface area contributed by atoms with Crippen LogP contribution >= 0.6 is 11.3 Å². The highest BCUT2D eigenvalue weighted by Crippen LogP contribution is 2.33. The van der Waals surface area contributed by atoms with Crippen LogP contribution in [0.4, 0.5) is 5.69 Å². The lowest BCUT2D eigenvalue weighted by molar-refractivity contribution is 0.502. The second-order valence-electron chi connectivity index (χ2n) is 6.67. The Bertz CT molecular complexity index is 792. The Balaban J connectivity index is 1.85. The van der Waals surface area contributed by atoms with Gasteiger partial charge in [0.15, 0.2) is 0 Å². The molecular weight excluding hydrogens is 326 g/mol. The summed E-state index contributed by atoms with van der Waals surface area (Å²) in [6, 6.07) is 10.8. The van der Waals surface area contributed by atoms with Crippen LogP contribution in [0.2, 0.25) is 0 Å². The van der Waals surface area contributed by atoms with E-state index in [2.05, 4.69) is 56.0 Å². The van der Waals surface area contributed by atoms with Crippen LogP contribution in [0.25, 0.3) is 11.6 Å². The van der Waals surface area contributed by atoms with Crippen molar-refractivity contribution in [2.24, 2.45) is 5.92 Å². The van der Waals surface area contributed by atoms with Crippen molar-refractivity contribution in [3.8, 4) is 6.07 Å². The minimum absolute atomic E-state index is 0.669. The molecule has 4 heteroatoms. The summed E-state index contributed by atoms with van der Waals surface area (Å²) in [5.41, 5.74) is 4.15. The first-order valence-electron chi connectivity index (χ1n) is 9.10. The number of nitriles is 1. The molecule has 0 amide bonds. The molecule has 0 unspecified atom stereocenters. The number of rotatable bonds is 5. The number of anilines is 1. The van der Waals surface area contributed by atoms with Gasteiger partial charge in [-0.05, 0) is 62.8 Å². The molecule has 2 aromatic rings. The first-order chi connectivity index (χ1) is 12.1. The predicted octanol–water partition coefficient (Wildman–Crippen LogP) is 5.18. The molecule has 3 rings (SSSR count). The SMILES string of the molecule is CCN(CC)c1ccc(/C=C(\C#N)c2nc3c(s2)C[C@@H](C)CC3)cc1. The Morgan fingerprint density at radius 1 is 1.32 bits per heavy atom. The van der Waals surface area contributed by atoms with Crippen LogP contribution in [0.15, 0.2) is 24.3 Å². The number of fused-ring (bicyclic) bond motifs is 1. The van der Waals surface area contributed by atoms with Gasteiger partial charge in [0.05, 0.1) is 11.3 Å². The number of benzene rings is 1. The maximum atomic E-state index is 9.61. The van der Waals surface area contributed by atoms with Crippen LogP contribution in [0.3, 0.4) is 0 Å². The van der Waals surface area contributed by atoms with Gasteiger partial charge in [-0.2, -0.15) is 5.26 Å². The molecule has 0 N–H and O–H groups in total. The third kappa shape index (κ3) is 3.93. The third-order valence-corrected chi connectivity index (χ3v) is 6.02. The second-order valence-corrected chi connectivity index (χ2v) is 7.75. The quantitative estimate of drug-likeness (QED) is 0.697. The molecule has 25 heavy (non-hydrogen) atoms. The van der Waals surface area contributed by atoms with E-state index in [4.69, 9.17) is 4.98 Å². The molecule has 1 heterocycles. The van der Waals surface area contributed by atoms with Crippen molar-refractivity contribution >= 4 is 28.7 Å². The zero-order chi connectivity index (χ0) is 17.8. The maximum absolute atomic E-state index is 9.61. The number of nitrogens with zero attached hydrogens (tertiary/aromatic N) is 3. The summed E-state index contributed by atoms with van der Waals surface area (Å²) in [6.45, 7) is 8.61. The van der Waals surface area contributed by atoms with Crippen LogP contribution in [0, 0.1) is 17.2 Å². The molecule has 3 nitrogen and oxygen atoms in total. The molecule has 0 bridgehead atoms. The van der Waals surface area contributed by atoms with Gasteiger partial charge in [-0.25, -0.2) is 4.98 Å². The highest BCUT2D eigenvalue weighted by molar-refractivity contribution is 7.13. The zero-order valence-electron chi connectivity index (χ0n) is 15.2. The zero-order valence-corrected chi connectivity index (χ0v) is 16.1. The largest absolute Gasteiger partial charge is 0.372 e. The molecule has 0 saturated carbocycles. The highest BCUT2D eigenvalue weighted by Gasteiger charge is 2.21. The molecule has 1 aliphatic carbocycles. The topological polar surface area (TPSA) is 39.9 Å². The van der Waals surface area contributed by atoms with E-state index >= 15 is 0 Å². The van der Waals surface area contributed by atoms with E-state index in [0.29, 0.717) is 5.57 Å². The molecular formula is C21H25N3S. The summed E-state index contributed by atoms with van der Waals surface area (Å²) in [7, 11) is 0. The van der Waals surface area contributed by atoms with Gasteiger partial charge in [0.25, 0.3) is 0 Å². The fourth-order valence-electron chi connectivity index (χ4n) is 3.33. The number of aryl methyl sites for hydroxylation is 1. The van der Waals surface area contributed by atoms with Crippen molar-refractivity contribution in [3.63, 3.8) is 0 Å². The van der Waals surface area contributed by atoms with E-state index in [1.54, 1.807) is 11.3 Å². The summed E-state index contributed by atoms with van der Waals surface area (Å²) in [4.78, 5) is 8.43. The van der Waals surface area contributed by atoms with Gasteiger partial charge >= 0.3 is 0 Å².